The molecular formula is C11H12P. The van der Waals surface area contributed by atoms with Crippen molar-refractivity contribution in [3.63, 3.8) is 0 Å². The third-order valence-corrected chi connectivity index (χ3v) is 4.93. The Morgan fingerprint density at radius 3 is 2.92 bits per heavy atom. The summed E-state index contributed by atoms with van der Waals surface area (Å²) in [7, 11) is 1.67. The van der Waals surface area contributed by atoms with Crippen molar-refractivity contribution in [1.82, 2.24) is 0 Å². The van der Waals surface area contributed by atoms with E-state index in [2.05, 4.69) is 36.5 Å². The van der Waals surface area contributed by atoms with Gasteiger partial charge in [0.05, 0.1) is 0 Å². The number of hydrogen-bond donors (Lipinski definition) is 0. The highest BCUT2D eigenvalue weighted by Crippen LogP contribution is 2.54. The molecule has 4 unspecified atom stereocenters. The van der Waals surface area contributed by atoms with Crippen LogP contribution in [0.25, 0.3) is 0 Å². The van der Waals surface area contributed by atoms with Crippen molar-refractivity contribution in [3.8, 4) is 0 Å². The first kappa shape index (κ1) is 7.09. The van der Waals surface area contributed by atoms with Crippen LogP contribution < -0.4 is 0 Å². The molecule has 0 aromatic heterocycles. The summed E-state index contributed by atoms with van der Waals surface area (Å²) < 4.78 is 0. The maximum atomic E-state index is 2.44. The van der Waals surface area contributed by atoms with Gasteiger partial charge in [0.2, 0.25) is 0 Å². The lowest BCUT2D eigenvalue weighted by Crippen LogP contribution is -2.16. The second-order valence-electron chi connectivity index (χ2n) is 3.80. The van der Waals surface area contributed by atoms with Gasteiger partial charge in [-0.1, -0.05) is 45.0 Å². The summed E-state index contributed by atoms with van der Waals surface area (Å²) in [6.45, 7) is 0. The lowest BCUT2D eigenvalue weighted by molar-refractivity contribution is 0.521. The maximum Gasteiger partial charge on any atom is 0.00840 e. The number of rotatable bonds is 0. The first-order valence-corrected chi connectivity index (χ1v) is 5.70. The molecule has 0 bridgehead atoms. The number of allylic oxidation sites excluding steroid dienone is 6. The molecule has 0 aromatic rings. The van der Waals surface area contributed by atoms with Crippen molar-refractivity contribution in [2.45, 2.75) is 17.7 Å². The van der Waals surface area contributed by atoms with Gasteiger partial charge in [0.15, 0.2) is 0 Å². The average Bonchev–Trinajstić information content (AvgIpc) is 2.62. The fraction of sp³-hybridized carbons (Fsp3) is 0.455. The minimum absolute atomic E-state index is 0.820. The topological polar surface area (TPSA) is 0 Å². The third kappa shape index (κ3) is 0.880. The first-order valence-electron chi connectivity index (χ1n) is 4.67. The largest absolute Gasteiger partial charge is 0.0876 e. The second kappa shape index (κ2) is 2.57. The van der Waals surface area contributed by atoms with E-state index < -0.39 is 0 Å². The molecule has 0 saturated carbocycles. The summed E-state index contributed by atoms with van der Waals surface area (Å²) in [5.74, 6) is 1.68. The van der Waals surface area contributed by atoms with Crippen LogP contribution >= 0.6 is 8.58 Å². The second-order valence-corrected chi connectivity index (χ2v) is 5.35. The van der Waals surface area contributed by atoms with E-state index in [4.69, 9.17) is 0 Å². The molecule has 1 heterocycles. The lowest BCUT2D eigenvalue weighted by Gasteiger charge is -2.18. The van der Waals surface area contributed by atoms with Crippen molar-refractivity contribution in [2.24, 2.45) is 11.8 Å². The van der Waals surface area contributed by atoms with Crippen LogP contribution in [-0.4, -0.2) is 11.3 Å². The first-order chi connectivity index (χ1) is 5.95. The van der Waals surface area contributed by atoms with Crippen LogP contribution in [0.2, 0.25) is 0 Å². The van der Waals surface area contributed by atoms with Gasteiger partial charge in [-0.2, -0.15) is 0 Å². The van der Waals surface area contributed by atoms with Gasteiger partial charge in [-0.3, -0.25) is 0 Å². The van der Waals surface area contributed by atoms with E-state index in [0.29, 0.717) is 0 Å². The van der Waals surface area contributed by atoms with E-state index in [1.54, 1.807) is 8.58 Å². The maximum absolute atomic E-state index is 2.44. The van der Waals surface area contributed by atoms with Crippen LogP contribution in [0.3, 0.4) is 0 Å². The average molecular weight is 175 g/mol. The van der Waals surface area contributed by atoms with Crippen molar-refractivity contribution >= 4 is 8.58 Å². The Morgan fingerprint density at radius 2 is 1.92 bits per heavy atom. The molecule has 4 atom stereocenters. The quantitative estimate of drug-likeness (QED) is 0.392. The Labute approximate surface area is 75.2 Å². The molecule has 0 amide bonds. The van der Waals surface area contributed by atoms with Crippen LogP contribution in [0, 0.1) is 11.8 Å². The van der Waals surface area contributed by atoms with Gasteiger partial charge in [0.1, 0.15) is 0 Å². The molecule has 1 fully saturated rings. The van der Waals surface area contributed by atoms with Gasteiger partial charge >= 0.3 is 0 Å². The van der Waals surface area contributed by atoms with Crippen LogP contribution in [0.15, 0.2) is 36.5 Å². The van der Waals surface area contributed by atoms with E-state index in [9.17, 15) is 0 Å². The highest BCUT2D eigenvalue weighted by molar-refractivity contribution is 7.40. The van der Waals surface area contributed by atoms with Gasteiger partial charge in [-0.05, 0) is 23.9 Å². The predicted molar refractivity (Wildman–Crippen MR) is 53.5 cm³/mol. The van der Waals surface area contributed by atoms with Crippen molar-refractivity contribution in [1.29, 1.82) is 0 Å². The predicted octanol–water partition coefficient (Wildman–Crippen LogP) is 3.00. The Bertz CT molecular complexity index is 275. The monoisotopic (exact) mass is 175 g/mol. The summed E-state index contributed by atoms with van der Waals surface area (Å²) in [6.07, 6.45) is 15.3. The third-order valence-electron chi connectivity index (χ3n) is 3.14. The molecule has 61 valence electrons. The van der Waals surface area contributed by atoms with Gasteiger partial charge in [0, 0.05) is 5.66 Å². The summed E-state index contributed by atoms with van der Waals surface area (Å²) >= 11 is 0. The molecular weight excluding hydrogens is 163 g/mol. The highest BCUT2D eigenvalue weighted by atomic mass is 31.1. The molecule has 0 aromatic carbocycles. The fourth-order valence-corrected chi connectivity index (χ4v) is 4.42. The van der Waals surface area contributed by atoms with E-state index in [1.807, 2.05) is 0 Å². The van der Waals surface area contributed by atoms with Gasteiger partial charge in [0.25, 0.3) is 0 Å². The van der Waals surface area contributed by atoms with Crippen molar-refractivity contribution in [2.75, 3.05) is 0 Å². The molecule has 1 radical (unpaired) electrons. The van der Waals surface area contributed by atoms with Crippen LogP contribution in [0.5, 0.6) is 0 Å². The van der Waals surface area contributed by atoms with E-state index in [0.717, 1.165) is 23.2 Å². The summed E-state index contributed by atoms with van der Waals surface area (Å²) in [5.41, 5.74) is 1.77. The Hall–Kier alpha value is -0.350. The molecule has 3 aliphatic rings. The molecule has 0 N–H and O–H groups in total. The smallest absolute Gasteiger partial charge is 0.00840 e. The summed E-state index contributed by atoms with van der Waals surface area (Å²) in [4.78, 5) is 0. The zero-order chi connectivity index (χ0) is 7.97. The van der Waals surface area contributed by atoms with Crippen LogP contribution in [-0.2, 0) is 0 Å². The summed E-state index contributed by atoms with van der Waals surface area (Å²) in [5, 5.41) is 0. The van der Waals surface area contributed by atoms with Crippen molar-refractivity contribution in [3.05, 3.63) is 36.5 Å². The summed E-state index contributed by atoms with van der Waals surface area (Å²) in [6, 6.07) is 0. The minimum Gasteiger partial charge on any atom is -0.0876 e. The highest BCUT2D eigenvalue weighted by Gasteiger charge is 2.41. The molecule has 1 heteroatoms. The van der Waals surface area contributed by atoms with E-state index in [1.165, 1.54) is 6.42 Å². The molecule has 2 aliphatic carbocycles. The SMILES string of the molecule is C1=CC2[P]C3CC=CC3C2C=C1. The molecule has 0 nitrogen and oxygen atoms in total. The van der Waals surface area contributed by atoms with Crippen LogP contribution in [0.4, 0.5) is 0 Å². The molecule has 1 aliphatic heterocycles. The molecule has 3 rings (SSSR count). The fourth-order valence-electron chi connectivity index (χ4n) is 2.54. The van der Waals surface area contributed by atoms with Gasteiger partial charge in [-0.25, -0.2) is 0 Å². The lowest BCUT2D eigenvalue weighted by atomic mass is 9.87. The normalized spacial score (nSPS) is 50.0. The van der Waals surface area contributed by atoms with Gasteiger partial charge in [-0.15, -0.1) is 0 Å². The van der Waals surface area contributed by atoms with Crippen molar-refractivity contribution < 1.29 is 0 Å². The molecule has 1 saturated heterocycles. The Kier molecular flexibility index (Phi) is 1.52. The number of fused-ring (bicyclic) bond motifs is 3. The van der Waals surface area contributed by atoms with Gasteiger partial charge < -0.3 is 0 Å². The standard InChI is InChI=1S/C11H12P/c1-2-6-10-8(4-1)9-5-3-7-11(9)12-10/h1-6,8-11H,7H2. The zero-order valence-electron chi connectivity index (χ0n) is 6.93. The van der Waals surface area contributed by atoms with Crippen LogP contribution in [0.1, 0.15) is 6.42 Å². The van der Waals surface area contributed by atoms with E-state index >= 15 is 0 Å². The number of hydrogen-bond acceptors (Lipinski definition) is 0. The molecule has 0 spiro atoms. The Balaban J connectivity index is 1.94. The Morgan fingerprint density at radius 1 is 1.00 bits per heavy atom. The van der Waals surface area contributed by atoms with E-state index in [-0.39, 0.29) is 0 Å². The zero-order valence-corrected chi connectivity index (χ0v) is 7.82. The molecule has 12 heavy (non-hydrogen) atoms. The minimum atomic E-state index is 0.820.